The zero-order valence-corrected chi connectivity index (χ0v) is 13.2. The van der Waals surface area contributed by atoms with Crippen LogP contribution in [0.2, 0.25) is 0 Å². The van der Waals surface area contributed by atoms with Crippen molar-refractivity contribution < 1.29 is 8.42 Å². The second-order valence-corrected chi connectivity index (χ2v) is 7.06. The van der Waals surface area contributed by atoms with Crippen LogP contribution in [0.1, 0.15) is 11.1 Å². The summed E-state index contributed by atoms with van der Waals surface area (Å²) in [7, 11) is -3.52. The molecule has 0 radical (unpaired) electrons. The Morgan fingerprint density at radius 1 is 1.35 bits per heavy atom. The van der Waals surface area contributed by atoms with Crippen molar-refractivity contribution in [2.24, 2.45) is 0 Å². The number of hydrogen-bond acceptors (Lipinski definition) is 4. The molecule has 0 aliphatic rings. The van der Waals surface area contributed by atoms with E-state index in [0.29, 0.717) is 17.1 Å². The van der Waals surface area contributed by atoms with Crippen molar-refractivity contribution in [2.45, 2.75) is 12.7 Å². The minimum Gasteiger partial charge on any atom is -0.399 e. The number of hydrogen-bond donors (Lipinski definition) is 2. The molecule has 5 nitrogen and oxygen atoms in total. The van der Waals surface area contributed by atoms with Crippen LogP contribution in [0.4, 0.5) is 11.5 Å². The Hall–Kier alpha value is -1.60. The second-order valence-electron chi connectivity index (χ2n) is 4.43. The zero-order valence-electron chi connectivity index (χ0n) is 10.8. The van der Waals surface area contributed by atoms with Crippen LogP contribution in [-0.4, -0.2) is 13.4 Å². The lowest BCUT2D eigenvalue weighted by Gasteiger charge is -2.10. The zero-order chi connectivity index (χ0) is 14.8. The number of halogens is 1. The number of aromatic nitrogens is 1. The van der Waals surface area contributed by atoms with Crippen LogP contribution in [0.15, 0.2) is 41.0 Å². The van der Waals surface area contributed by atoms with Crippen LogP contribution in [0.25, 0.3) is 0 Å². The van der Waals surface area contributed by atoms with E-state index in [4.69, 9.17) is 5.73 Å². The topological polar surface area (TPSA) is 85.1 Å². The van der Waals surface area contributed by atoms with E-state index < -0.39 is 10.0 Å². The van der Waals surface area contributed by atoms with Gasteiger partial charge in [-0.05, 0) is 52.2 Å². The molecule has 0 saturated heterocycles. The fourth-order valence-corrected chi connectivity index (χ4v) is 3.38. The van der Waals surface area contributed by atoms with Crippen molar-refractivity contribution in [3.05, 3.63) is 52.1 Å². The molecular weight excluding hydrogens is 342 g/mol. The number of nitrogen functional groups attached to an aromatic ring is 1. The molecule has 106 valence electrons. The maximum absolute atomic E-state index is 12.1. The monoisotopic (exact) mass is 355 g/mol. The lowest BCUT2D eigenvalue weighted by atomic mass is 10.2. The van der Waals surface area contributed by atoms with Gasteiger partial charge in [-0.2, -0.15) is 0 Å². The Morgan fingerprint density at radius 3 is 2.75 bits per heavy atom. The molecule has 3 N–H and O–H groups in total. The molecule has 0 spiro atoms. The predicted octanol–water partition coefficient (Wildman–Crippen LogP) is 2.68. The number of sulfonamides is 1. The standard InChI is InChI=1S/C13H14BrN3O2S/c1-9-5-11(14)7-16-13(9)17-20(18,19)8-10-3-2-4-12(15)6-10/h2-7H,8,15H2,1H3,(H,16,17). The number of rotatable bonds is 4. The van der Waals surface area contributed by atoms with Gasteiger partial charge in [-0.15, -0.1) is 0 Å². The molecule has 7 heteroatoms. The number of nitrogens with zero attached hydrogens (tertiary/aromatic N) is 1. The van der Waals surface area contributed by atoms with Crippen molar-refractivity contribution in [2.75, 3.05) is 10.5 Å². The molecule has 2 rings (SSSR count). The quantitative estimate of drug-likeness (QED) is 0.825. The number of nitrogens with two attached hydrogens (primary N) is 1. The number of benzene rings is 1. The first-order valence-corrected chi connectivity index (χ1v) is 8.27. The molecule has 0 aliphatic carbocycles. The van der Waals surface area contributed by atoms with Crippen molar-refractivity contribution in [1.29, 1.82) is 0 Å². The molecule has 0 bridgehead atoms. The van der Waals surface area contributed by atoms with Crippen molar-refractivity contribution in [3.8, 4) is 0 Å². The molecule has 0 unspecified atom stereocenters. The second kappa shape index (κ2) is 5.80. The van der Waals surface area contributed by atoms with Gasteiger partial charge in [-0.3, -0.25) is 4.72 Å². The Bertz CT molecular complexity index is 732. The van der Waals surface area contributed by atoms with E-state index in [-0.39, 0.29) is 5.75 Å². The van der Waals surface area contributed by atoms with Gasteiger partial charge in [0.2, 0.25) is 10.0 Å². The minimum absolute atomic E-state index is 0.144. The highest BCUT2D eigenvalue weighted by molar-refractivity contribution is 9.10. The van der Waals surface area contributed by atoms with Gasteiger partial charge in [0.05, 0.1) is 5.75 Å². The van der Waals surface area contributed by atoms with E-state index in [9.17, 15) is 8.42 Å². The Morgan fingerprint density at radius 2 is 2.10 bits per heavy atom. The number of aryl methyl sites for hydroxylation is 1. The van der Waals surface area contributed by atoms with E-state index in [1.54, 1.807) is 43.5 Å². The van der Waals surface area contributed by atoms with Gasteiger partial charge in [-0.25, -0.2) is 13.4 Å². The number of anilines is 2. The van der Waals surface area contributed by atoms with Gasteiger partial charge in [0, 0.05) is 16.4 Å². The van der Waals surface area contributed by atoms with E-state index in [0.717, 1.165) is 10.0 Å². The van der Waals surface area contributed by atoms with Crippen LogP contribution in [0.5, 0.6) is 0 Å². The van der Waals surface area contributed by atoms with Crippen molar-refractivity contribution in [1.82, 2.24) is 4.98 Å². The minimum atomic E-state index is -3.52. The highest BCUT2D eigenvalue weighted by atomic mass is 79.9. The number of pyridine rings is 1. The van der Waals surface area contributed by atoms with E-state index in [1.807, 2.05) is 0 Å². The van der Waals surface area contributed by atoms with Crippen LogP contribution in [0.3, 0.4) is 0 Å². The molecule has 2 aromatic rings. The largest absolute Gasteiger partial charge is 0.399 e. The van der Waals surface area contributed by atoms with Gasteiger partial charge in [0.1, 0.15) is 5.82 Å². The summed E-state index contributed by atoms with van der Waals surface area (Å²) in [4.78, 5) is 4.06. The van der Waals surface area contributed by atoms with Gasteiger partial charge in [0.25, 0.3) is 0 Å². The summed E-state index contributed by atoms with van der Waals surface area (Å²) in [6.45, 7) is 1.79. The third kappa shape index (κ3) is 3.94. The highest BCUT2D eigenvalue weighted by Gasteiger charge is 2.14. The summed E-state index contributed by atoms with van der Waals surface area (Å²) in [6.07, 6.45) is 1.55. The summed E-state index contributed by atoms with van der Waals surface area (Å²) >= 11 is 3.28. The van der Waals surface area contributed by atoms with E-state index >= 15 is 0 Å². The molecule has 0 aliphatic heterocycles. The average molecular weight is 356 g/mol. The third-order valence-corrected chi connectivity index (χ3v) is 4.26. The first-order chi connectivity index (χ1) is 9.35. The lowest BCUT2D eigenvalue weighted by molar-refractivity contribution is 0.600. The number of nitrogens with one attached hydrogen (secondary N) is 1. The van der Waals surface area contributed by atoms with Gasteiger partial charge < -0.3 is 5.73 Å². The lowest BCUT2D eigenvalue weighted by Crippen LogP contribution is -2.16. The summed E-state index contributed by atoms with van der Waals surface area (Å²) in [5, 5.41) is 0. The van der Waals surface area contributed by atoms with Crippen molar-refractivity contribution in [3.63, 3.8) is 0 Å². The summed E-state index contributed by atoms with van der Waals surface area (Å²) < 4.78 is 27.5. The molecular formula is C13H14BrN3O2S. The average Bonchev–Trinajstić information content (AvgIpc) is 2.32. The third-order valence-electron chi connectivity index (χ3n) is 2.60. The summed E-state index contributed by atoms with van der Waals surface area (Å²) in [5.41, 5.74) is 7.55. The summed E-state index contributed by atoms with van der Waals surface area (Å²) in [6, 6.07) is 8.59. The van der Waals surface area contributed by atoms with Crippen LogP contribution in [-0.2, 0) is 15.8 Å². The van der Waals surface area contributed by atoms with E-state index in [2.05, 4.69) is 25.6 Å². The highest BCUT2D eigenvalue weighted by Crippen LogP contribution is 2.19. The molecule has 0 fully saturated rings. The van der Waals surface area contributed by atoms with Crippen LogP contribution >= 0.6 is 15.9 Å². The Balaban J connectivity index is 2.19. The molecule has 1 aromatic heterocycles. The van der Waals surface area contributed by atoms with Crippen molar-refractivity contribution >= 4 is 37.5 Å². The smallest absolute Gasteiger partial charge is 0.238 e. The van der Waals surface area contributed by atoms with Gasteiger partial charge in [-0.1, -0.05) is 12.1 Å². The fourth-order valence-electron chi connectivity index (χ4n) is 1.73. The maximum atomic E-state index is 12.1. The molecule has 0 amide bonds. The predicted molar refractivity (Wildman–Crippen MR) is 83.8 cm³/mol. The van der Waals surface area contributed by atoms with Gasteiger partial charge >= 0.3 is 0 Å². The Kier molecular flexibility index (Phi) is 4.29. The van der Waals surface area contributed by atoms with Gasteiger partial charge in [0.15, 0.2) is 0 Å². The fraction of sp³-hybridized carbons (Fsp3) is 0.154. The first kappa shape index (κ1) is 14.8. The van der Waals surface area contributed by atoms with Crippen LogP contribution < -0.4 is 10.5 Å². The Labute approximate surface area is 126 Å². The first-order valence-electron chi connectivity index (χ1n) is 5.83. The maximum Gasteiger partial charge on any atom is 0.238 e. The molecule has 1 heterocycles. The molecule has 20 heavy (non-hydrogen) atoms. The van der Waals surface area contributed by atoms with Crippen LogP contribution in [0, 0.1) is 6.92 Å². The van der Waals surface area contributed by atoms with E-state index in [1.165, 1.54) is 0 Å². The molecule has 0 saturated carbocycles. The normalized spacial score (nSPS) is 11.3. The SMILES string of the molecule is Cc1cc(Br)cnc1NS(=O)(=O)Cc1cccc(N)c1. The summed E-state index contributed by atoms with van der Waals surface area (Å²) in [5.74, 6) is 0.187. The molecule has 0 atom stereocenters. The molecule has 1 aromatic carbocycles.